The van der Waals surface area contributed by atoms with Crippen molar-refractivity contribution in [2.24, 2.45) is 0 Å². The molecule has 0 bridgehead atoms. The van der Waals surface area contributed by atoms with E-state index >= 15 is 0 Å². The summed E-state index contributed by atoms with van der Waals surface area (Å²) < 4.78 is 6.35. The summed E-state index contributed by atoms with van der Waals surface area (Å²) in [5, 5.41) is 41.4. The minimum absolute atomic E-state index is 0.253. The maximum absolute atomic E-state index is 9.88. The van der Waals surface area contributed by atoms with Crippen molar-refractivity contribution in [2.75, 3.05) is 18.5 Å². The van der Waals surface area contributed by atoms with Crippen LogP contribution in [-0.2, 0) is 4.74 Å². The van der Waals surface area contributed by atoms with Crippen LogP contribution in [0.2, 0.25) is 0 Å². The minimum Gasteiger partial charge on any atom is -0.394 e. The van der Waals surface area contributed by atoms with Gasteiger partial charge in [-0.3, -0.25) is 0 Å². The fourth-order valence-electron chi connectivity index (χ4n) is 2.13. The lowest BCUT2D eigenvalue weighted by Gasteiger charge is -2.40. The normalized spacial score (nSPS) is 34.0. The Morgan fingerprint density at radius 1 is 1.00 bits per heavy atom. The number of hydrogen-bond donors (Lipinski definition) is 5. The van der Waals surface area contributed by atoms with Crippen molar-refractivity contribution >= 4 is 21.6 Å². The lowest BCUT2D eigenvalue weighted by molar-refractivity contribution is -0.225. The van der Waals surface area contributed by atoms with Gasteiger partial charge in [0.2, 0.25) is 0 Å². The highest BCUT2D eigenvalue weighted by atomic mass is 79.9. The molecule has 0 aromatic heterocycles. The number of aliphatic hydroxyl groups excluding tert-OH is 4. The van der Waals surface area contributed by atoms with Crippen LogP contribution in [0, 0.1) is 0 Å². The van der Waals surface area contributed by atoms with Crippen LogP contribution in [0.3, 0.4) is 0 Å². The first-order chi connectivity index (χ1) is 9.52. The van der Waals surface area contributed by atoms with E-state index in [1.54, 1.807) is 0 Å². The molecule has 6 nitrogen and oxygen atoms in total. The van der Waals surface area contributed by atoms with Crippen molar-refractivity contribution in [3.8, 4) is 0 Å². The van der Waals surface area contributed by atoms with Gasteiger partial charge in [0.25, 0.3) is 0 Å². The van der Waals surface area contributed by atoms with Crippen LogP contribution in [0.25, 0.3) is 0 Å². The molecule has 5 atom stereocenters. The molecule has 1 aliphatic rings. The maximum Gasteiger partial charge on any atom is 0.111 e. The zero-order valence-electron chi connectivity index (χ0n) is 10.7. The number of rotatable bonds is 4. The molecule has 5 N–H and O–H groups in total. The molecule has 1 unspecified atom stereocenters. The van der Waals surface area contributed by atoms with Crippen LogP contribution in [-0.4, -0.2) is 64.1 Å². The number of anilines is 1. The van der Waals surface area contributed by atoms with Gasteiger partial charge in [0.1, 0.15) is 30.5 Å². The first-order valence-corrected chi connectivity index (χ1v) is 7.12. The summed E-state index contributed by atoms with van der Waals surface area (Å²) in [5.41, 5.74) is 0.838. The van der Waals surface area contributed by atoms with E-state index in [-0.39, 0.29) is 6.54 Å². The Bertz CT molecular complexity index is 427. The smallest absolute Gasteiger partial charge is 0.111 e. The van der Waals surface area contributed by atoms with Crippen molar-refractivity contribution in [1.29, 1.82) is 0 Å². The molecule has 0 radical (unpaired) electrons. The Hall–Kier alpha value is -0.700. The summed E-state index contributed by atoms with van der Waals surface area (Å²) in [5.74, 6) is 0. The molecule has 1 fully saturated rings. The maximum atomic E-state index is 9.88. The van der Waals surface area contributed by atoms with Gasteiger partial charge in [-0.05, 0) is 24.3 Å². The fourth-order valence-corrected chi connectivity index (χ4v) is 2.40. The lowest BCUT2D eigenvalue weighted by atomic mass is 9.95. The third-order valence-electron chi connectivity index (χ3n) is 3.34. The lowest BCUT2D eigenvalue weighted by Crippen LogP contribution is -2.60. The van der Waals surface area contributed by atoms with Crippen LogP contribution in [0.1, 0.15) is 0 Å². The van der Waals surface area contributed by atoms with Crippen LogP contribution in [0.15, 0.2) is 28.7 Å². The summed E-state index contributed by atoms with van der Waals surface area (Å²) in [4.78, 5) is 0. The highest BCUT2D eigenvalue weighted by Crippen LogP contribution is 2.22. The van der Waals surface area contributed by atoms with E-state index in [9.17, 15) is 15.3 Å². The minimum atomic E-state index is -1.34. The Kier molecular flexibility index (Phi) is 5.36. The second-order valence-corrected chi connectivity index (χ2v) is 5.67. The third-order valence-corrected chi connectivity index (χ3v) is 3.87. The molecule has 1 aromatic carbocycles. The van der Waals surface area contributed by atoms with Crippen LogP contribution in [0.4, 0.5) is 5.69 Å². The monoisotopic (exact) mass is 347 g/mol. The van der Waals surface area contributed by atoms with Gasteiger partial charge in [-0.15, -0.1) is 0 Å². The van der Waals surface area contributed by atoms with E-state index in [1.165, 1.54) is 0 Å². The first-order valence-electron chi connectivity index (χ1n) is 6.33. The second-order valence-electron chi connectivity index (χ2n) is 4.76. The quantitative estimate of drug-likeness (QED) is 0.512. The molecule has 20 heavy (non-hydrogen) atoms. The highest BCUT2D eigenvalue weighted by Gasteiger charge is 2.43. The van der Waals surface area contributed by atoms with Crippen LogP contribution in [0.5, 0.6) is 0 Å². The standard InChI is InChI=1S/C13H18BrNO5/c14-7-1-3-8(4-2-7)15-5-9-11(17)13(19)12(18)10(6-16)20-9/h1-4,9-13,15-19H,5-6H2/t9?,10-,11+,12-,13-/m1/s1. The van der Waals surface area contributed by atoms with Crippen molar-refractivity contribution in [3.63, 3.8) is 0 Å². The molecule has 1 saturated heterocycles. The topological polar surface area (TPSA) is 102 Å². The molecule has 0 aliphatic carbocycles. The summed E-state index contributed by atoms with van der Waals surface area (Å²) in [6.45, 7) is -0.164. The molecule has 1 aliphatic heterocycles. The Labute approximate surface area is 125 Å². The van der Waals surface area contributed by atoms with Crippen molar-refractivity contribution in [2.45, 2.75) is 30.5 Å². The molecule has 0 saturated carbocycles. The average Bonchev–Trinajstić information content (AvgIpc) is 2.46. The number of nitrogens with one attached hydrogen (secondary N) is 1. The first kappa shape index (κ1) is 15.7. The van der Waals surface area contributed by atoms with Gasteiger partial charge in [0.15, 0.2) is 0 Å². The van der Waals surface area contributed by atoms with Gasteiger partial charge in [0.05, 0.1) is 6.61 Å². The van der Waals surface area contributed by atoms with Gasteiger partial charge in [0, 0.05) is 16.7 Å². The van der Waals surface area contributed by atoms with E-state index in [0.717, 1.165) is 10.2 Å². The molecule has 112 valence electrons. The molecular weight excluding hydrogens is 330 g/mol. The van der Waals surface area contributed by atoms with Gasteiger partial charge in [-0.2, -0.15) is 0 Å². The second kappa shape index (κ2) is 6.84. The SMILES string of the molecule is OC[C@H]1OC(CNc2ccc(Br)cc2)[C@H](O)[C@@H](O)[C@@H]1O. The fraction of sp³-hybridized carbons (Fsp3) is 0.538. The molecule has 0 spiro atoms. The summed E-state index contributed by atoms with van der Waals surface area (Å²) in [6, 6.07) is 7.45. The van der Waals surface area contributed by atoms with E-state index in [2.05, 4.69) is 21.2 Å². The highest BCUT2D eigenvalue weighted by molar-refractivity contribution is 9.10. The van der Waals surface area contributed by atoms with Crippen molar-refractivity contribution < 1.29 is 25.2 Å². The zero-order chi connectivity index (χ0) is 14.7. The number of benzene rings is 1. The summed E-state index contributed by atoms with van der Waals surface area (Å²) in [6.07, 6.45) is -5.45. The van der Waals surface area contributed by atoms with Gasteiger partial charge >= 0.3 is 0 Å². The van der Waals surface area contributed by atoms with E-state index in [0.29, 0.717) is 0 Å². The summed E-state index contributed by atoms with van der Waals surface area (Å²) in [7, 11) is 0. The number of aliphatic hydroxyl groups is 4. The van der Waals surface area contributed by atoms with E-state index in [1.807, 2.05) is 24.3 Å². The Morgan fingerprint density at radius 3 is 2.20 bits per heavy atom. The number of halogens is 1. The molecule has 7 heteroatoms. The summed E-state index contributed by atoms with van der Waals surface area (Å²) >= 11 is 3.33. The van der Waals surface area contributed by atoms with E-state index in [4.69, 9.17) is 9.84 Å². The molecule has 0 amide bonds. The zero-order valence-corrected chi connectivity index (χ0v) is 12.3. The van der Waals surface area contributed by atoms with Gasteiger partial charge in [-0.1, -0.05) is 15.9 Å². The van der Waals surface area contributed by atoms with Gasteiger partial charge < -0.3 is 30.5 Å². The van der Waals surface area contributed by atoms with Crippen molar-refractivity contribution in [1.82, 2.24) is 0 Å². The van der Waals surface area contributed by atoms with E-state index < -0.39 is 37.1 Å². The molecular formula is C13H18BrNO5. The van der Waals surface area contributed by atoms with Gasteiger partial charge in [-0.25, -0.2) is 0 Å². The van der Waals surface area contributed by atoms with Crippen molar-refractivity contribution in [3.05, 3.63) is 28.7 Å². The number of hydrogen-bond acceptors (Lipinski definition) is 6. The Morgan fingerprint density at radius 2 is 1.60 bits per heavy atom. The molecule has 2 rings (SSSR count). The molecule has 1 heterocycles. The number of ether oxygens (including phenoxy) is 1. The predicted molar refractivity (Wildman–Crippen MR) is 76.4 cm³/mol. The Balaban J connectivity index is 1.95. The molecule has 1 aromatic rings. The third kappa shape index (κ3) is 3.49. The predicted octanol–water partition coefficient (Wildman–Crippen LogP) is -0.297. The van der Waals surface area contributed by atoms with Crippen LogP contribution >= 0.6 is 15.9 Å². The average molecular weight is 348 g/mol. The van der Waals surface area contributed by atoms with Crippen LogP contribution < -0.4 is 5.32 Å². The largest absolute Gasteiger partial charge is 0.394 e.